The first-order valence-electron chi connectivity index (χ1n) is 6.10. The van der Waals surface area contributed by atoms with Gasteiger partial charge in [-0.2, -0.15) is 0 Å². The van der Waals surface area contributed by atoms with Crippen molar-refractivity contribution in [3.05, 3.63) is 33.3 Å². The molecule has 0 saturated carbocycles. The van der Waals surface area contributed by atoms with E-state index in [1.165, 1.54) is 0 Å². The molecule has 1 aromatic rings. The van der Waals surface area contributed by atoms with Gasteiger partial charge in [0.15, 0.2) is 0 Å². The highest BCUT2D eigenvalue weighted by Crippen LogP contribution is 2.23. The molecule has 2 N–H and O–H groups in total. The SMILES string of the molecule is CC(C)CC(CN)C(=O)Cc1ccc(Br)cc1Cl. The Morgan fingerprint density at radius 1 is 1.44 bits per heavy atom. The average Bonchev–Trinajstić information content (AvgIpc) is 2.29. The van der Waals surface area contributed by atoms with E-state index in [0.29, 0.717) is 23.9 Å². The zero-order valence-corrected chi connectivity index (χ0v) is 13.1. The maximum Gasteiger partial charge on any atom is 0.141 e. The third kappa shape index (κ3) is 4.71. The van der Waals surface area contributed by atoms with Crippen LogP contribution in [0.1, 0.15) is 25.8 Å². The van der Waals surface area contributed by atoms with Gasteiger partial charge in [0.1, 0.15) is 5.78 Å². The molecule has 0 spiro atoms. The highest BCUT2D eigenvalue weighted by molar-refractivity contribution is 9.10. The van der Waals surface area contributed by atoms with Crippen molar-refractivity contribution in [2.24, 2.45) is 17.6 Å². The van der Waals surface area contributed by atoms with Crippen LogP contribution in [0.3, 0.4) is 0 Å². The van der Waals surface area contributed by atoms with Gasteiger partial charge in [0, 0.05) is 28.4 Å². The summed E-state index contributed by atoms with van der Waals surface area (Å²) in [6.45, 7) is 4.61. The van der Waals surface area contributed by atoms with Crippen molar-refractivity contribution in [1.29, 1.82) is 0 Å². The van der Waals surface area contributed by atoms with Crippen molar-refractivity contribution in [2.45, 2.75) is 26.7 Å². The molecule has 0 amide bonds. The van der Waals surface area contributed by atoms with E-state index in [4.69, 9.17) is 17.3 Å². The fourth-order valence-electron chi connectivity index (χ4n) is 1.93. The molecule has 1 atom stereocenters. The minimum absolute atomic E-state index is 0.0651. The monoisotopic (exact) mass is 331 g/mol. The first kappa shape index (κ1) is 15.7. The third-order valence-corrected chi connectivity index (χ3v) is 3.72. The Morgan fingerprint density at radius 3 is 2.61 bits per heavy atom. The van der Waals surface area contributed by atoms with Crippen LogP contribution >= 0.6 is 27.5 Å². The van der Waals surface area contributed by atoms with Gasteiger partial charge < -0.3 is 5.73 Å². The second kappa shape index (κ2) is 7.27. The molecule has 0 bridgehead atoms. The van der Waals surface area contributed by atoms with Gasteiger partial charge >= 0.3 is 0 Å². The van der Waals surface area contributed by atoms with E-state index >= 15 is 0 Å². The number of Topliss-reactive ketones (excluding diaryl/α,β-unsaturated/α-hetero) is 1. The number of hydrogen-bond donors (Lipinski definition) is 1. The summed E-state index contributed by atoms with van der Waals surface area (Å²) in [7, 11) is 0. The Bertz CT molecular complexity index is 420. The van der Waals surface area contributed by atoms with Crippen LogP contribution in [0.15, 0.2) is 22.7 Å². The number of nitrogens with two attached hydrogens (primary N) is 1. The van der Waals surface area contributed by atoms with Crippen molar-refractivity contribution >= 4 is 33.3 Å². The number of carbonyl (C=O) groups excluding carboxylic acids is 1. The van der Waals surface area contributed by atoms with Crippen molar-refractivity contribution in [3.8, 4) is 0 Å². The van der Waals surface area contributed by atoms with Gasteiger partial charge in [-0.05, 0) is 30.0 Å². The quantitative estimate of drug-likeness (QED) is 0.860. The van der Waals surface area contributed by atoms with Crippen LogP contribution in [0.25, 0.3) is 0 Å². The fraction of sp³-hybridized carbons (Fsp3) is 0.500. The van der Waals surface area contributed by atoms with Crippen molar-refractivity contribution in [2.75, 3.05) is 6.54 Å². The molecule has 0 aliphatic rings. The minimum atomic E-state index is -0.0651. The van der Waals surface area contributed by atoms with Gasteiger partial charge in [0.2, 0.25) is 0 Å². The molecule has 2 nitrogen and oxygen atoms in total. The molecule has 0 radical (unpaired) electrons. The van der Waals surface area contributed by atoms with E-state index in [2.05, 4.69) is 29.8 Å². The Balaban J connectivity index is 2.73. The lowest BCUT2D eigenvalue weighted by atomic mass is 9.90. The predicted octanol–water partition coefficient (Wildman–Crippen LogP) is 3.84. The standard InChI is InChI=1S/C14H19BrClNO/c1-9(2)5-11(8-17)14(18)6-10-3-4-12(15)7-13(10)16/h3-4,7,9,11H,5-6,8,17H2,1-2H3. The average molecular weight is 333 g/mol. The summed E-state index contributed by atoms with van der Waals surface area (Å²) >= 11 is 9.46. The first-order valence-corrected chi connectivity index (χ1v) is 7.27. The van der Waals surface area contributed by atoms with Gasteiger partial charge in [-0.3, -0.25) is 4.79 Å². The number of hydrogen-bond acceptors (Lipinski definition) is 2. The number of halogens is 2. The molecule has 0 aliphatic heterocycles. The Kier molecular flexibility index (Phi) is 6.33. The topological polar surface area (TPSA) is 43.1 Å². The van der Waals surface area contributed by atoms with Gasteiger partial charge in [0.05, 0.1) is 0 Å². The second-order valence-corrected chi connectivity index (χ2v) is 6.26. The summed E-state index contributed by atoms with van der Waals surface area (Å²) in [5.41, 5.74) is 6.54. The van der Waals surface area contributed by atoms with Gasteiger partial charge in [-0.15, -0.1) is 0 Å². The number of carbonyl (C=O) groups is 1. The molecule has 1 rings (SSSR count). The zero-order chi connectivity index (χ0) is 13.7. The largest absolute Gasteiger partial charge is 0.330 e. The summed E-state index contributed by atoms with van der Waals surface area (Å²) in [5, 5.41) is 0.623. The molecule has 0 aliphatic carbocycles. The summed E-state index contributed by atoms with van der Waals surface area (Å²) in [4.78, 5) is 12.2. The summed E-state index contributed by atoms with van der Waals surface area (Å²) in [5.74, 6) is 0.586. The maximum atomic E-state index is 12.2. The lowest BCUT2D eigenvalue weighted by Crippen LogP contribution is -2.26. The van der Waals surface area contributed by atoms with Gasteiger partial charge in [-0.25, -0.2) is 0 Å². The molecular formula is C14H19BrClNO. The third-order valence-electron chi connectivity index (χ3n) is 2.88. The molecule has 100 valence electrons. The summed E-state index contributed by atoms with van der Waals surface area (Å²) in [6, 6.07) is 5.59. The highest BCUT2D eigenvalue weighted by atomic mass is 79.9. The number of ketones is 1. The van der Waals surface area contributed by atoms with Crippen LogP contribution in [-0.2, 0) is 11.2 Å². The summed E-state index contributed by atoms with van der Waals surface area (Å²) < 4.78 is 0.918. The normalized spacial score (nSPS) is 12.8. The first-order chi connectivity index (χ1) is 8.43. The van der Waals surface area contributed by atoms with Crippen LogP contribution in [0.4, 0.5) is 0 Å². The number of rotatable bonds is 6. The van der Waals surface area contributed by atoms with E-state index in [-0.39, 0.29) is 11.7 Å². The van der Waals surface area contributed by atoms with Crippen molar-refractivity contribution in [1.82, 2.24) is 0 Å². The van der Waals surface area contributed by atoms with Crippen molar-refractivity contribution in [3.63, 3.8) is 0 Å². The molecule has 0 fully saturated rings. The molecule has 0 heterocycles. The van der Waals surface area contributed by atoms with Crippen molar-refractivity contribution < 1.29 is 4.79 Å². The Morgan fingerprint density at radius 2 is 2.11 bits per heavy atom. The fourth-order valence-corrected chi connectivity index (χ4v) is 2.67. The van der Waals surface area contributed by atoms with E-state index in [9.17, 15) is 4.79 Å². The van der Waals surface area contributed by atoms with Gasteiger partial charge in [-0.1, -0.05) is 47.4 Å². The van der Waals surface area contributed by atoms with E-state index in [1.807, 2.05) is 18.2 Å². The van der Waals surface area contributed by atoms with Crippen LogP contribution in [0.2, 0.25) is 5.02 Å². The molecule has 4 heteroatoms. The van der Waals surface area contributed by atoms with Crippen LogP contribution in [-0.4, -0.2) is 12.3 Å². The molecule has 1 unspecified atom stereocenters. The van der Waals surface area contributed by atoms with E-state index in [1.54, 1.807) is 0 Å². The zero-order valence-electron chi connectivity index (χ0n) is 10.7. The van der Waals surface area contributed by atoms with E-state index < -0.39 is 0 Å². The second-order valence-electron chi connectivity index (χ2n) is 4.94. The lowest BCUT2D eigenvalue weighted by molar-refractivity contribution is -0.122. The molecular weight excluding hydrogens is 314 g/mol. The Hall–Kier alpha value is -0.380. The van der Waals surface area contributed by atoms with Crippen LogP contribution in [0.5, 0.6) is 0 Å². The van der Waals surface area contributed by atoms with E-state index in [0.717, 1.165) is 16.5 Å². The molecule has 1 aromatic carbocycles. The maximum absolute atomic E-state index is 12.2. The molecule has 0 aromatic heterocycles. The lowest BCUT2D eigenvalue weighted by Gasteiger charge is -2.16. The van der Waals surface area contributed by atoms with Crippen LogP contribution in [0, 0.1) is 11.8 Å². The number of benzene rings is 1. The van der Waals surface area contributed by atoms with Crippen LogP contribution < -0.4 is 5.73 Å². The smallest absolute Gasteiger partial charge is 0.141 e. The summed E-state index contributed by atoms with van der Waals surface area (Å²) in [6.07, 6.45) is 1.20. The Labute approximate surface area is 122 Å². The van der Waals surface area contributed by atoms with Gasteiger partial charge in [0.25, 0.3) is 0 Å². The molecule has 0 saturated heterocycles. The minimum Gasteiger partial charge on any atom is -0.330 e. The highest BCUT2D eigenvalue weighted by Gasteiger charge is 2.19. The predicted molar refractivity (Wildman–Crippen MR) is 79.9 cm³/mol. The molecule has 18 heavy (non-hydrogen) atoms.